The molecule has 0 amide bonds. The van der Waals surface area contributed by atoms with Crippen molar-refractivity contribution in [3.05, 3.63) is 0 Å². The van der Waals surface area contributed by atoms with Crippen molar-refractivity contribution < 1.29 is 21.4 Å². The van der Waals surface area contributed by atoms with Crippen LogP contribution in [0.5, 0.6) is 0 Å². The Morgan fingerprint density at radius 3 is 2.14 bits per heavy atom. The highest BCUT2D eigenvalue weighted by Crippen LogP contribution is 2.10. The van der Waals surface area contributed by atoms with E-state index in [2.05, 4.69) is 0 Å². The second-order valence-corrected chi connectivity index (χ2v) is 8.43. The van der Waals surface area contributed by atoms with Crippen LogP contribution in [0.3, 0.4) is 0 Å². The maximum Gasteiger partial charge on any atom is 0.151 e. The molecule has 0 fully saturated rings. The smallest absolute Gasteiger partial charge is 0.151 e. The van der Waals surface area contributed by atoms with Crippen LogP contribution in [0.15, 0.2) is 0 Å². The van der Waals surface area contributed by atoms with Crippen molar-refractivity contribution in [1.29, 1.82) is 0 Å². The Kier molecular flexibility index (Phi) is 6.03. The fourth-order valence-electron chi connectivity index (χ4n) is 0.729. The molecule has 0 rings (SSSR count). The van der Waals surface area contributed by atoms with Crippen molar-refractivity contribution in [2.24, 2.45) is 0 Å². The van der Waals surface area contributed by atoms with E-state index >= 15 is 0 Å². The van der Waals surface area contributed by atoms with Gasteiger partial charge >= 0.3 is 0 Å². The molecule has 0 aromatic heterocycles. The maximum absolute atomic E-state index is 11.2. The van der Waals surface area contributed by atoms with Gasteiger partial charge in [-0.25, -0.2) is 16.8 Å². The van der Waals surface area contributed by atoms with E-state index in [9.17, 15) is 21.4 Å². The molecule has 86 valence electrons. The Morgan fingerprint density at radius 1 is 1.14 bits per heavy atom. The van der Waals surface area contributed by atoms with Gasteiger partial charge in [-0.2, -0.15) is 0 Å². The number of sulfone groups is 1. The van der Waals surface area contributed by atoms with E-state index in [1.54, 1.807) is 0 Å². The lowest BCUT2D eigenvalue weighted by atomic mass is 10.4. The lowest BCUT2D eigenvalue weighted by molar-refractivity contribution is 0.482. The highest BCUT2D eigenvalue weighted by atomic mass is 33.1. The molecule has 0 heterocycles. The van der Waals surface area contributed by atoms with Crippen LogP contribution >= 0.6 is 10.8 Å². The summed E-state index contributed by atoms with van der Waals surface area (Å²) in [6.45, 7) is 1.87. The summed E-state index contributed by atoms with van der Waals surface area (Å²) in [6, 6.07) is 0. The summed E-state index contributed by atoms with van der Waals surface area (Å²) in [6.07, 6.45) is 1.34. The second kappa shape index (κ2) is 5.94. The van der Waals surface area contributed by atoms with Gasteiger partial charge in [0.2, 0.25) is 0 Å². The van der Waals surface area contributed by atoms with Crippen molar-refractivity contribution in [3.63, 3.8) is 0 Å². The Hall–Kier alpha value is 0.210. The average Bonchev–Trinajstić information content (AvgIpc) is 1.98. The molecule has 0 aliphatic rings. The van der Waals surface area contributed by atoms with E-state index in [-0.39, 0.29) is 28.1 Å². The number of rotatable bonds is 7. The van der Waals surface area contributed by atoms with Gasteiger partial charge in [0.1, 0.15) is 9.15 Å². The topological polar surface area (TPSA) is 91.3 Å². The fourth-order valence-corrected chi connectivity index (χ4v) is 4.38. The second-order valence-electron chi connectivity index (χ2n) is 2.74. The molecule has 8 heteroatoms. The first-order valence-electron chi connectivity index (χ1n) is 4.07. The van der Waals surface area contributed by atoms with E-state index in [4.69, 9.17) is 0 Å². The molecule has 0 saturated carbocycles. The minimum absolute atomic E-state index is 0.0585. The summed E-state index contributed by atoms with van der Waals surface area (Å²) < 4.78 is 52.8. The molecule has 0 atom stereocenters. The monoisotopic (exact) mass is 261 g/mol. The van der Waals surface area contributed by atoms with E-state index in [0.717, 1.165) is 6.42 Å². The van der Waals surface area contributed by atoms with Gasteiger partial charge in [0.25, 0.3) is 0 Å². The number of hydrogen-bond acceptors (Lipinski definition) is 6. The summed E-state index contributed by atoms with van der Waals surface area (Å²) >= 11 is 0. The molecule has 0 aromatic rings. The highest BCUT2D eigenvalue weighted by molar-refractivity contribution is 8.69. The van der Waals surface area contributed by atoms with Crippen LogP contribution in [-0.4, -0.2) is 38.6 Å². The fraction of sp³-hybridized carbons (Fsp3) is 1.00. The van der Waals surface area contributed by atoms with Crippen LogP contribution in [0.2, 0.25) is 0 Å². The van der Waals surface area contributed by atoms with Crippen molar-refractivity contribution in [2.75, 3.05) is 17.3 Å². The third kappa shape index (κ3) is 8.79. The first kappa shape index (κ1) is 14.2. The normalized spacial score (nSPS) is 13.0. The SMILES string of the molecule is CCCCS(=O)(=O)CCSS(=O)(=O)[O-]. The molecule has 0 N–H and O–H groups in total. The molecule has 0 aliphatic carbocycles. The first-order chi connectivity index (χ1) is 6.27. The molecular formula is C6H13O5S3-. The number of hydrogen-bond donors (Lipinski definition) is 0. The summed E-state index contributed by atoms with van der Waals surface area (Å²) in [5, 5.41) is 0. The Balaban J connectivity index is 3.89. The molecule has 0 bridgehead atoms. The van der Waals surface area contributed by atoms with Crippen molar-refractivity contribution in [3.8, 4) is 0 Å². The van der Waals surface area contributed by atoms with E-state index in [1.165, 1.54) is 0 Å². The Labute approximate surface area is 88.3 Å². The largest absolute Gasteiger partial charge is 0.739 e. The zero-order valence-corrected chi connectivity index (χ0v) is 10.3. The minimum Gasteiger partial charge on any atom is -0.739 e. The zero-order valence-electron chi connectivity index (χ0n) is 7.80. The van der Waals surface area contributed by atoms with Gasteiger partial charge in [0.15, 0.2) is 9.84 Å². The quantitative estimate of drug-likeness (QED) is 0.486. The molecule has 0 saturated heterocycles. The van der Waals surface area contributed by atoms with Gasteiger partial charge in [-0.1, -0.05) is 13.3 Å². The van der Waals surface area contributed by atoms with Crippen molar-refractivity contribution in [2.45, 2.75) is 19.8 Å². The Morgan fingerprint density at radius 2 is 1.71 bits per heavy atom. The summed E-state index contributed by atoms with van der Waals surface area (Å²) in [4.78, 5) is 0. The lowest BCUT2D eigenvalue weighted by Gasteiger charge is -2.05. The highest BCUT2D eigenvalue weighted by Gasteiger charge is 2.10. The van der Waals surface area contributed by atoms with Gasteiger partial charge in [-0.3, -0.25) is 0 Å². The van der Waals surface area contributed by atoms with Gasteiger partial charge in [-0.05, 0) is 17.2 Å². The average molecular weight is 261 g/mol. The molecule has 0 spiro atoms. The first-order valence-corrected chi connectivity index (χ1v) is 8.81. The molecule has 0 aliphatic heterocycles. The predicted molar refractivity (Wildman–Crippen MR) is 55.7 cm³/mol. The Bertz CT molecular complexity index is 342. The van der Waals surface area contributed by atoms with E-state index in [1.807, 2.05) is 6.92 Å². The van der Waals surface area contributed by atoms with Crippen molar-refractivity contribution >= 4 is 29.8 Å². The molecule has 5 nitrogen and oxygen atoms in total. The summed E-state index contributed by atoms with van der Waals surface area (Å²) in [5.41, 5.74) is 0. The summed E-state index contributed by atoms with van der Waals surface area (Å²) in [7, 11) is -7.42. The van der Waals surface area contributed by atoms with Crippen LogP contribution in [0.25, 0.3) is 0 Å². The standard InChI is InChI=1S/C6H14O5S3/c1-2-3-5-13(7,8)6-4-12-14(9,10)11/h2-6H2,1H3,(H,9,10,11)/p-1. The van der Waals surface area contributed by atoms with Crippen LogP contribution in [0.1, 0.15) is 19.8 Å². The zero-order chi connectivity index (χ0) is 11.2. The molecular weight excluding hydrogens is 248 g/mol. The van der Waals surface area contributed by atoms with Crippen LogP contribution in [0, 0.1) is 0 Å². The van der Waals surface area contributed by atoms with Crippen molar-refractivity contribution in [1.82, 2.24) is 0 Å². The number of unbranched alkanes of at least 4 members (excludes halogenated alkanes) is 1. The van der Waals surface area contributed by atoms with Crippen LogP contribution in [-0.2, 0) is 19.0 Å². The van der Waals surface area contributed by atoms with Crippen LogP contribution < -0.4 is 0 Å². The minimum atomic E-state index is -4.36. The molecule has 0 aromatic carbocycles. The van der Waals surface area contributed by atoms with Gasteiger partial charge in [0.05, 0.1) is 11.5 Å². The van der Waals surface area contributed by atoms with Gasteiger partial charge in [-0.15, -0.1) is 0 Å². The van der Waals surface area contributed by atoms with Crippen LogP contribution in [0.4, 0.5) is 0 Å². The molecule has 14 heavy (non-hydrogen) atoms. The lowest BCUT2D eigenvalue weighted by Crippen LogP contribution is -2.13. The molecule has 0 unspecified atom stereocenters. The van der Waals surface area contributed by atoms with Gasteiger partial charge in [0, 0.05) is 5.75 Å². The third-order valence-electron chi connectivity index (χ3n) is 1.43. The molecule has 0 radical (unpaired) electrons. The van der Waals surface area contributed by atoms with Gasteiger partial charge < -0.3 is 4.55 Å². The van der Waals surface area contributed by atoms with E-state index < -0.39 is 19.0 Å². The predicted octanol–water partition coefficient (Wildman–Crippen LogP) is 0.395. The summed E-state index contributed by atoms with van der Waals surface area (Å²) in [5.74, 6) is -0.375. The maximum atomic E-state index is 11.2. The van der Waals surface area contributed by atoms with E-state index in [0.29, 0.717) is 6.42 Å². The third-order valence-corrected chi connectivity index (χ3v) is 5.45.